The van der Waals surface area contributed by atoms with E-state index in [4.69, 9.17) is 5.73 Å². The van der Waals surface area contributed by atoms with Crippen LogP contribution in [0.3, 0.4) is 0 Å². The average molecular weight is 205 g/mol. The van der Waals surface area contributed by atoms with Crippen molar-refractivity contribution in [2.45, 2.75) is 19.3 Å². The third kappa shape index (κ3) is 3.01. The monoisotopic (exact) mass is 205 g/mol. The fourth-order valence-electron chi connectivity index (χ4n) is 1.75. The van der Waals surface area contributed by atoms with Crippen LogP contribution in [0.25, 0.3) is 0 Å². The number of aromatic nitrogens is 1. The standard InChI is InChI=1S/C12H19N3/c13-9-12(5-6-12)10-14-8-4-11-3-1-2-7-15-11/h1-3,7,14H,4-6,8-10,13H2. The second-order valence-electron chi connectivity index (χ2n) is 4.45. The van der Waals surface area contributed by atoms with E-state index in [1.54, 1.807) is 0 Å². The molecule has 1 aliphatic rings. The van der Waals surface area contributed by atoms with Gasteiger partial charge < -0.3 is 11.1 Å². The highest BCUT2D eigenvalue weighted by molar-refractivity contribution is 5.04. The summed E-state index contributed by atoms with van der Waals surface area (Å²) in [7, 11) is 0. The highest BCUT2D eigenvalue weighted by Gasteiger charge is 2.40. The summed E-state index contributed by atoms with van der Waals surface area (Å²) in [6, 6.07) is 6.05. The molecule has 0 amide bonds. The number of rotatable bonds is 6. The smallest absolute Gasteiger partial charge is 0.0416 e. The highest BCUT2D eigenvalue weighted by atomic mass is 14.9. The summed E-state index contributed by atoms with van der Waals surface area (Å²) in [5, 5.41) is 3.47. The van der Waals surface area contributed by atoms with Crippen LogP contribution in [-0.2, 0) is 6.42 Å². The maximum Gasteiger partial charge on any atom is 0.0416 e. The lowest BCUT2D eigenvalue weighted by Crippen LogP contribution is -2.30. The predicted octanol–water partition coefficient (Wildman–Crippen LogP) is 0.953. The van der Waals surface area contributed by atoms with Crippen LogP contribution in [0.2, 0.25) is 0 Å². The van der Waals surface area contributed by atoms with Crippen molar-refractivity contribution < 1.29 is 0 Å². The largest absolute Gasteiger partial charge is 0.330 e. The molecule has 0 atom stereocenters. The second-order valence-corrected chi connectivity index (χ2v) is 4.45. The molecule has 82 valence electrons. The van der Waals surface area contributed by atoms with E-state index in [2.05, 4.69) is 16.4 Å². The van der Waals surface area contributed by atoms with Crippen molar-refractivity contribution >= 4 is 0 Å². The van der Waals surface area contributed by atoms with Gasteiger partial charge in [0, 0.05) is 31.4 Å². The van der Waals surface area contributed by atoms with Gasteiger partial charge in [0.2, 0.25) is 0 Å². The van der Waals surface area contributed by atoms with Gasteiger partial charge >= 0.3 is 0 Å². The molecule has 0 radical (unpaired) electrons. The summed E-state index contributed by atoms with van der Waals surface area (Å²) in [6.45, 7) is 2.89. The van der Waals surface area contributed by atoms with Crippen LogP contribution in [0.4, 0.5) is 0 Å². The summed E-state index contributed by atoms with van der Waals surface area (Å²) in [6.07, 6.45) is 5.43. The first-order valence-corrected chi connectivity index (χ1v) is 5.65. The number of nitrogens with two attached hydrogens (primary N) is 1. The van der Waals surface area contributed by atoms with E-state index in [1.165, 1.54) is 12.8 Å². The van der Waals surface area contributed by atoms with Crippen LogP contribution in [-0.4, -0.2) is 24.6 Å². The van der Waals surface area contributed by atoms with Crippen molar-refractivity contribution in [3.05, 3.63) is 30.1 Å². The molecule has 15 heavy (non-hydrogen) atoms. The molecule has 3 nitrogen and oxygen atoms in total. The molecule has 3 N–H and O–H groups in total. The molecule has 1 aliphatic carbocycles. The van der Waals surface area contributed by atoms with Crippen LogP contribution in [0.5, 0.6) is 0 Å². The molecule has 0 aromatic carbocycles. The summed E-state index contributed by atoms with van der Waals surface area (Å²) in [4.78, 5) is 4.28. The van der Waals surface area contributed by atoms with Gasteiger partial charge in [0.1, 0.15) is 0 Å². The maximum atomic E-state index is 5.71. The van der Waals surface area contributed by atoms with E-state index in [9.17, 15) is 0 Å². The van der Waals surface area contributed by atoms with Crippen molar-refractivity contribution in [1.82, 2.24) is 10.3 Å². The lowest BCUT2D eigenvalue weighted by molar-refractivity contribution is 0.469. The maximum absolute atomic E-state index is 5.71. The minimum Gasteiger partial charge on any atom is -0.330 e. The van der Waals surface area contributed by atoms with Gasteiger partial charge in [0.05, 0.1) is 0 Å². The van der Waals surface area contributed by atoms with Gasteiger partial charge in [0.25, 0.3) is 0 Å². The lowest BCUT2D eigenvalue weighted by Gasteiger charge is -2.12. The fraction of sp³-hybridized carbons (Fsp3) is 0.583. The van der Waals surface area contributed by atoms with Crippen LogP contribution < -0.4 is 11.1 Å². The van der Waals surface area contributed by atoms with E-state index in [0.717, 1.165) is 31.7 Å². The van der Waals surface area contributed by atoms with Gasteiger partial charge in [-0.25, -0.2) is 0 Å². The Kier molecular flexibility index (Phi) is 3.34. The van der Waals surface area contributed by atoms with Gasteiger partial charge in [0.15, 0.2) is 0 Å². The molecule has 0 unspecified atom stereocenters. The Labute approximate surface area is 91.1 Å². The zero-order valence-electron chi connectivity index (χ0n) is 9.08. The third-order valence-corrected chi connectivity index (χ3v) is 3.17. The molecule has 2 rings (SSSR count). The number of pyridine rings is 1. The zero-order chi connectivity index (χ0) is 10.6. The third-order valence-electron chi connectivity index (χ3n) is 3.17. The van der Waals surface area contributed by atoms with Gasteiger partial charge in [-0.15, -0.1) is 0 Å². The highest BCUT2D eigenvalue weighted by Crippen LogP contribution is 2.43. The Morgan fingerprint density at radius 1 is 1.40 bits per heavy atom. The average Bonchev–Trinajstić information content (AvgIpc) is 3.07. The Bertz CT molecular complexity index is 293. The molecule has 0 aliphatic heterocycles. The summed E-state index contributed by atoms with van der Waals surface area (Å²) < 4.78 is 0. The van der Waals surface area contributed by atoms with E-state index < -0.39 is 0 Å². The van der Waals surface area contributed by atoms with Gasteiger partial charge in [-0.05, 0) is 36.9 Å². The zero-order valence-corrected chi connectivity index (χ0v) is 9.08. The summed E-state index contributed by atoms with van der Waals surface area (Å²) in [5.41, 5.74) is 7.30. The minimum absolute atomic E-state index is 0.435. The fourth-order valence-corrected chi connectivity index (χ4v) is 1.75. The SMILES string of the molecule is NCC1(CNCCc2ccccn2)CC1. The number of hydrogen-bond donors (Lipinski definition) is 2. The summed E-state index contributed by atoms with van der Waals surface area (Å²) >= 11 is 0. The molecular formula is C12H19N3. The Hall–Kier alpha value is -0.930. The topological polar surface area (TPSA) is 50.9 Å². The molecule has 1 aromatic rings. The van der Waals surface area contributed by atoms with Crippen molar-refractivity contribution in [2.24, 2.45) is 11.1 Å². The molecular weight excluding hydrogens is 186 g/mol. The second kappa shape index (κ2) is 4.73. The van der Waals surface area contributed by atoms with Gasteiger partial charge in [-0.2, -0.15) is 0 Å². The Balaban J connectivity index is 1.63. The molecule has 1 saturated carbocycles. The predicted molar refractivity (Wildman–Crippen MR) is 61.5 cm³/mol. The van der Waals surface area contributed by atoms with Gasteiger partial charge in [-0.3, -0.25) is 4.98 Å². The number of nitrogens with one attached hydrogen (secondary N) is 1. The van der Waals surface area contributed by atoms with E-state index in [1.807, 2.05) is 18.3 Å². The van der Waals surface area contributed by atoms with Gasteiger partial charge in [-0.1, -0.05) is 6.07 Å². The minimum atomic E-state index is 0.435. The van der Waals surface area contributed by atoms with Crippen molar-refractivity contribution in [2.75, 3.05) is 19.6 Å². The molecule has 1 fully saturated rings. The molecule has 3 heteroatoms. The van der Waals surface area contributed by atoms with Crippen LogP contribution in [0.1, 0.15) is 18.5 Å². The first-order valence-electron chi connectivity index (χ1n) is 5.65. The number of hydrogen-bond acceptors (Lipinski definition) is 3. The Morgan fingerprint density at radius 2 is 2.27 bits per heavy atom. The van der Waals surface area contributed by atoms with Crippen LogP contribution >= 0.6 is 0 Å². The van der Waals surface area contributed by atoms with Crippen molar-refractivity contribution in [1.29, 1.82) is 0 Å². The normalized spacial score (nSPS) is 17.7. The molecule has 1 aromatic heterocycles. The molecule has 0 spiro atoms. The molecule has 0 bridgehead atoms. The van der Waals surface area contributed by atoms with E-state index >= 15 is 0 Å². The molecule has 0 saturated heterocycles. The quantitative estimate of drug-likeness (QED) is 0.680. The van der Waals surface area contributed by atoms with Crippen molar-refractivity contribution in [3.63, 3.8) is 0 Å². The lowest BCUT2D eigenvalue weighted by atomic mass is 10.1. The first kappa shape index (κ1) is 10.6. The van der Waals surface area contributed by atoms with Crippen LogP contribution in [0.15, 0.2) is 24.4 Å². The first-order chi connectivity index (χ1) is 7.35. The van der Waals surface area contributed by atoms with E-state index in [0.29, 0.717) is 5.41 Å². The Morgan fingerprint density at radius 3 is 2.87 bits per heavy atom. The number of nitrogens with zero attached hydrogens (tertiary/aromatic N) is 1. The summed E-state index contributed by atoms with van der Waals surface area (Å²) in [5.74, 6) is 0. The molecule has 1 heterocycles. The van der Waals surface area contributed by atoms with Crippen LogP contribution in [0, 0.1) is 5.41 Å². The van der Waals surface area contributed by atoms with E-state index in [-0.39, 0.29) is 0 Å². The van der Waals surface area contributed by atoms with Crippen molar-refractivity contribution in [3.8, 4) is 0 Å².